The van der Waals surface area contributed by atoms with Gasteiger partial charge in [-0.05, 0) is 43.9 Å². The molecule has 2 unspecified atom stereocenters. The molecular weight excluding hydrogens is 288 g/mol. The summed E-state index contributed by atoms with van der Waals surface area (Å²) in [5, 5.41) is 0.406. The van der Waals surface area contributed by atoms with Crippen LogP contribution in [-0.2, 0) is 10.8 Å². The van der Waals surface area contributed by atoms with Gasteiger partial charge in [-0.3, -0.25) is 9.00 Å². The Hall–Kier alpha value is -1.36. The summed E-state index contributed by atoms with van der Waals surface area (Å²) in [6.07, 6.45) is 3.47. The summed E-state index contributed by atoms with van der Waals surface area (Å²) >= 11 is 0. The molecule has 2 atom stereocenters. The van der Waals surface area contributed by atoms with Crippen molar-refractivity contribution in [2.45, 2.75) is 36.2 Å². The average molecular weight is 308 g/mol. The van der Waals surface area contributed by atoms with Gasteiger partial charge in [0.05, 0.1) is 19.8 Å². The van der Waals surface area contributed by atoms with E-state index in [-0.39, 0.29) is 22.2 Å². The Morgan fingerprint density at radius 1 is 1.14 bits per heavy atom. The van der Waals surface area contributed by atoms with Crippen molar-refractivity contribution in [3.8, 4) is 11.5 Å². The second-order valence-electron chi connectivity index (χ2n) is 5.75. The zero-order valence-corrected chi connectivity index (χ0v) is 13.2. The van der Waals surface area contributed by atoms with Crippen LogP contribution in [0.1, 0.15) is 36.0 Å². The molecule has 0 radical (unpaired) electrons. The second-order valence-corrected chi connectivity index (χ2v) is 7.74. The van der Waals surface area contributed by atoms with Gasteiger partial charge in [-0.15, -0.1) is 0 Å². The summed E-state index contributed by atoms with van der Waals surface area (Å²) in [4.78, 5) is 12.8. The van der Waals surface area contributed by atoms with E-state index >= 15 is 0 Å². The fourth-order valence-corrected chi connectivity index (χ4v) is 5.60. The summed E-state index contributed by atoms with van der Waals surface area (Å²) in [5.74, 6) is 1.29. The number of carbonyl (C=O) groups excluding carboxylic acids is 1. The maximum Gasteiger partial charge on any atom is 0.169 e. The first-order chi connectivity index (χ1) is 10.1. The third-order valence-corrected chi connectivity index (χ3v) is 6.78. The van der Waals surface area contributed by atoms with Gasteiger partial charge in [0.25, 0.3) is 0 Å². The lowest BCUT2D eigenvalue weighted by molar-refractivity contribution is 0.0902. The Morgan fingerprint density at radius 3 is 2.38 bits per heavy atom. The monoisotopic (exact) mass is 308 g/mol. The molecule has 2 fully saturated rings. The Bertz CT molecular complexity index is 568. The third-order valence-electron chi connectivity index (χ3n) is 4.61. The van der Waals surface area contributed by atoms with Crippen LogP contribution >= 0.6 is 0 Å². The molecule has 1 aromatic rings. The predicted molar refractivity (Wildman–Crippen MR) is 81.6 cm³/mol. The van der Waals surface area contributed by atoms with Crippen molar-refractivity contribution in [1.82, 2.24) is 0 Å². The van der Waals surface area contributed by atoms with E-state index in [1.165, 1.54) is 0 Å². The highest BCUT2D eigenvalue weighted by Crippen LogP contribution is 2.41. The SMILES string of the molecule is COc1ccc(OC)c(C(=O)C2CC3CCC(C2)S3=O)c1. The van der Waals surface area contributed by atoms with Gasteiger partial charge in [0, 0.05) is 27.2 Å². The van der Waals surface area contributed by atoms with Crippen LogP contribution in [0.15, 0.2) is 18.2 Å². The number of ether oxygens (including phenoxy) is 2. The van der Waals surface area contributed by atoms with Crippen molar-refractivity contribution in [3.05, 3.63) is 23.8 Å². The molecule has 3 rings (SSSR count). The van der Waals surface area contributed by atoms with E-state index in [0.29, 0.717) is 17.1 Å². The smallest absolute Gasteiger partial charge is 0.169 e. The second kappa shape index (κ2) is 5.79. The summed E-state index contributed by atoms with van der Waals surface area (Å²) in [7, 11) is 2.42. The number of ketones is 1. The third kappa shape index (κ3) is 2.59. The summed E-state index contributed by atoms with van der Waals surface area (Å²) in [5.41, 5.74) is 0.578. The largest absolute Gasteiger partial charge is 0.497 e. The van der Waals surface area contributed by atoms with E-state index in [9.17, 15) is 9.00 Å². The van der Waals surface area contributed by atoms with Crippen LogP contribution in [0.2, 0.25) is 0 Å². The fourth-order valence-electron chi connectivity index (χ4n) is 3.47. The Kier molecular flexibility index (Phi) is 4.02. The molecule has 0 spiro atoms. The van der Waals surface area contributed by atoms with Gasteiger partial charge >= 0.3 is 0 Å². The van der Waals surface area contributed by atoms with Crippen LogP contribution in [0.25, 0.3) is 0 Å². The topological polar surface area (TPSA) is 52.6 Å². The lowest BCUT2D eigenvalue weighted by Gasteiger charge is -2.26. The number of benzene rings is 1. The van der Waals surface area contributed by atoms with Crippen molar-refractivity contribution in [2.24, 2.45) is 5.92 Å². The maximum atomic E-state index is 12.8. The molecule has 2 bridgehead atoms. The first kappa shape index (κ1) is 14.6. The molecule has 4 nitrogen and oxygen atoms in total. The summed E-state index contributed by atoms with van der Waals surface area (Å²) in [6, 6.07) is 5.30. The van der Waals surface area contributed by atoms with Gasteiger partial charge in [0.1, 0.15) is 11.5 Å². The van der Waals surface area contributed by atoms with Gasteiger partial charge in [0.2, 0.25) is 0 Å². The Labute approximate surface area is 127 Å². The lowest BCUT2D eigenvalue weighted by atomic mass is 9.90. The molecule has 5 heteroatoms. The van der Waals surface area contributed by atoms with Crippen LogP contribution in [0, 0.1) is 5.92 Å². The Balaban J connectivity index is 1.87. The zero-order valence-electron chi connectivity index (χ0n) is 12.3. The Morgan fingerprint density at radius 2 is 1.81 bits per heavy atom. The summed E-state index contributed by atoms with van der Waals surface area (Å²) in [6.45, 7) is 0. The number of hydrogen-bond acceptors (Lipinski definition) is 4. The number of methoxy groups -OCH3 is 2. The highest BCUT2D eigenvalue weighted by atomic mass is 32.2. The predicted octanol–water partition coefficient (Wildman–Crippen LogP) is 2.58. The minimum atomic E-state index is -0.734. The molecule has 21 heavy (non-hydrogen) atoms. The first-order valence-corrected chi connectivity index (χ1v) is 8.57. The molecular formula is C16H20O4S. The van der Waals surface area contributed by atoms with E-state index in [0.717, 1.165) is 25.7 Å². The number of carbonyl (C=O) groups is 1. The molecule has 0 N–H and O–H groups in total. The molecule has 114 valence electrons. The standard InChI is InChI=1S/C16H20O4S/c1-19-11-3-6-15(20-2)14(9-11)16(17)10-7-12-4-5-13(8-10)21(12)18/h3,6,9-10,12-13H,4-5,7-8H2,1-2H3. The highest BCUT2D eigenvalue weighted by molar-refractivity contribution is 7.86. The molecule has 2 heterocycles. The first-order valence-electron chi connectivity index (χ1n) is 7.29. The van der Waals surface area contributed by atoms with Crippen molar-refractivity contribution in [2.75, 3.05) is 14.2 Å². The average Bonchev–Trinajstić information content (AvgIpc) is 2.75. The molecule has 2 saturated heterocycles. The highest BCUT2D eigenvalue weighted by Gasteiger charge is 2.43. The molecule has 2 aliphatic rings. The van der Waals surface area contributed by atoms with Crippen LogP contribution in [0.3, 0.4) is 0 Å². The zero-order chi connectivity index (χ0) is 15.0. The number of fused-ring (bicyclic) bond motifs is 2. The van der Waals surface area contributed by atoms with Crippen LogP contribution < -0.4 is 9.47 Å². The minimum Gasteiger partial charge on any atom is -0.497 e. The molecule has 0 aliphatic carbocycles. The van der Waals surface area contributed by atoms with Gasteiger partial charge in [-0.25, -0.2) is 0 Å². The van der Waals surface area contributed by atoms with Gasteiger partial charge < -0.3 is 9.47 Å². The lowest BCUT2D eigenvalue weighted by Crippen LogP contribution is -2.32. The fraction of sp³-hybridized carbons (Fsp3) is 0.562. The number of rotatable bonds is 4. The minimum absolute atomic E-state index is 0.0405. The van der Waals surface area contributed by atoms with Gasteiger partial charge in [-0.1, -0.05) is 0 Å². The quantitative estimate of drug-likeness (QED) is 0.802. The molecule has 2 aliphatic heterocycles. The van der Waals surface area contributed by atoms with Crippen LogP contribution in [0.4, 0.5) is 0 Å². The van der Waals surface area contributed by atoms with Crippen molar-refractivity contribution in [3.63, 3.8) is 0 Å². The molecule has 0 amide bonds. The van der Waals surface area contributed by atoms with Crippen LogP contribution in [-0.4, -0.2) is 34.7 Å². The van der Waals surface area contributed by atoms with Gasteiger partial charge in [-0.2, -0.15) is 0 Å². The normalized spacial score (nSPS) is 31.0. The summed E-state index contributed by atoms with van der Waals surface area (Å²) < 4.78 is 22.6. The molecule has 0 aromatic heterocycles. The van der Waals surface area contributed by atoms with Crippen molar-refractivity contribution in [1.29, 1.82) is 0 Å². The van der Waals surface area contributed by atoms with E-state index < -0.39 is 10.8 Å². The van der Waals surface area contributed by atoms with Crippen molar-refractivity contribution >= 4 is 16.6 Å². The van der Waals surface area contributed by atoms with E-state index in [1.54, 1.807) is 32.4 Å². The number of hydrogen-bond donors (Lipinski definition) is 0. The van der Waals surface area contributed by atoms with Crippen molar-refractivity contribution < 1.29 is 18.5 Å². The van der Waals surface area contributed by atoms with Crippen LogP contribution in [0.5, 0.6) is 11.5 Å². The van der Waals surface area contributed by atoms with E-state index in [4.69, 9.17) is 9.47 Å². The molecule has 1 aromatic carbocycles. The number of Topliss-reactive ketones (excluding diaryl/α,β-unsaturated/α-hetero) is 1. The maximum absolute atomic E-state index is 12.8. The van der Waals surface area contributed by atoms with E-state index in [2.05, 4.69) is 0 Å². The van der Waals surface area contributed by atoms with E-state index in [1.807, 2.05) is 0 Å². The molecule has 0 saturated carbocycles. The van der Waals surface area contributed by atoms with Gasteiger partial charge in [0.15, 0.2) is 5.78 Å².